The van der Waals surface area contributed by atoms with Crippen molar-refractivity contribution in [2.24, 2.45) is 0 Å². The zero-order chi connectivity index (χ0) is 16.1. The van der Waals surface area contributed by atoms with Gasteiger partial charge in [0.25, 0.3) is 0 Å². The van der Waals surface area contributed by atoms with Crippen molar-refractivity contribution in [2.45, 2.75) is 19.1 Å². The molecule has 0 saturated carbocycles. The molecule has 0 spiro atoms. The molecule has 0 fully saturated rings. The van der Waals surface area contributed by atoms with Gasteiger partial charge in [0.15, 0.2) is 11.6 Å². The molecule has 5 heteroatoms. The van der Waals surface area contributed by atoms with Crippen LogP contribution in [0, 0.1) is 23.0 Å². The molecule has 2 aromatic carbocycles. The lowest BCUT2D eigenvalue weighted by molar-refractivity contribution is 0.171. The molecule has 2 atom stereocenters. The Morgan fingerprint density at radius 1 is 1.09 bits per heavy atom. The third-order valence-corrected chi connectivity index (χ3v) is 3.49. The van der Waals surface area contributed by atoms with Crippen LogP contribution in [0.2, 0.25) is 0 Å². The van der Waals surface area contributed by atoms with Gasteiger partial charge in [-0.15, -0.1) is 0 Å². The van der Waals surface area contributed by atoms with Crippen LogP contribution in [0.1, 0.15) is 35.8 Å². The lowest BCUT2D eigenvalue weighted by Crippen LogP contribution is -2.24. The molecular formula is C17H16F2N2O. The normalized spacial score (nSPS) is 13.4. The quantitative estimate of drug-likeness (QED) is 0.891. The molecule has 0 aromatic heterocycles. The van der Waals surface area contributed by atoms with Crippen molar-refractivity contribution in [3.63, 3.8) is 0 Å². The van der Waals surface area contributed by atoms with E-state index in [1.807, 2.05) is 6.07 Å². The van der Waals surface area contributed by atoms with Crippen LogP contribution in [0.3, 0.4) is 0 Å². The molecule has 114 valence electrons. The Kier molecular flexibility index (Phi) is 5.21. The number of aliphatic hydroxyl groups excluding tert-OH is 1. The predicted molar refractivity (Wildman–Crippen MR) is 78.9 cm³/mol. The lowest BCUT2D eigenvalue weighted by Gasteiger charge is -2.18. The number of halogens is 2. The second-order valence-electron chi connectivity index (χ2n) is 5.05. The number of nitriles is 1. The summed E-state index contributed by atoms with van der Waals surface area (Å²) in [4.78, 5) is 0. The van der Waals surface area contributed by atoms with Gasteiger partial charge in [-0.2, -0.15) is 5.26 Å². The minimum atomic E-state index is -0.890. The number of rotatable bonds is 5. The summed E-state index contributed by atoms with van der Waals surface area (Å²) in [5.74, 6) is -1.77. The summed E-state index contributed by atoms with van der Waals surface area (Å²) < 4.78 is 26.1. The number of benzene rings is 2. The Morgan fingerprint density at radius 3 is 2.32 bits per heavy atom. The first-order valence-corrected chi connectivity index (χ1v) is 6.87. The van der Waals surface area contributed by atoms with Crippen LogP contribution in [0.25, 0.3) is 0 Å². The molecule has 2 N–H and O–H groups in total. The number of nitrogens with one attached hydrogen (secondary N) is 1. The van der Waals surface area contributed by atoms with E-state index in [1.165, 1.54) is 6.07 Å². The van der Waals surface area contributed by atoms with Crippen LogP contribution in [0.15, 0.2) is 42.5 Å². The Labute approximate surface area is 127 Å². The number of nitrogens with zero attached hydrogens (tertiary/aromatic N) is 1. The van der Waals surface area contributed by atoms with Crippen molar-refractivity contribution in [3.8, 4) is 6.07 Å². The van der Waals surface area contributed by atoms with E-state index in [0.717, 1.165) is 12.1 Å². The highest BCUT2D eigenvalue weighted by molar-refractivity contribution is 5.32. The summed E-state index contributed by atoms with van der Waals surface area (Å²) >= 11 is 0. The SMILES string of the molecule is CC(NCC(O)c1ccc(C#N)cc1)c1ccc(F)c(F)c1. The second kappa shape index (κ2) is 7.12. The largest absolute Gasteiger partial charge is 0.387 e. The smallest absolute Gasteiger partial charge is 0.159 e. The molecule has 2 aromatic rings. The van der Waals surface area contributed by atoms with E-state index in [2.05, 4.69) is 5.32 Å². The van der Waals surface area contributed by atoms with Crippen molar-refractivity contribution in [1.29, 1.82) is 5.26 Å². The molecule has 0 aliphatic heterocycles. The number of hydrogen-bond donors (Lipinski definition) is 2. The van der Waals surface area contributed by atoms with Crippen molar-refractivity contribution in [2.75, 3.05) is 6.54 Å². The third-order valence-electron chi connectivity index (χ3n) is 3.49. The van der Waals surface area contributed by atoms with Crippen LogP contribution in [0.4, 0.5) is 8.78 Å². The molecule has 2 rings (SSSR count). The monoisotopic (exact) mass is 302 g/mol. The van der Waals surface area contributed by atoms with Crippen molar-refractivity contribution < 1.29 is 13.9 Å². The second-order valence-corrected chi connectivity index (χ2v) is 5.05. The number of aliphatic hydroxyl groups is 1. The van der Waals surface area contributed by atoms with Crippen molar-refractivity contribution >= 4 is 0 Å². The minimum Gasteiger partial charge on any atom is -0.387 e. The van der Waals surface area contributed by atoms with E-state index in [-0.39, 0.29) is 12.6 Å². The predicted octanol–water partition coefficient (Wildman–Crippen LogP) is 3.22. The first-order chi connectivity index (χ1) is 10.5. The average Bonchev–Trinajstić information content (AvgIpc) is 2.54. The van der Waals surface area contributed by atoms with Gasteiger partial charge in [0, 0.05) is 12.6 Å². The summed E-state index contributed by atoms with van der Waals surface area (Å²) in [6, 6.07) is 12.2. The fourth-order valence-electron chi connectivity index (χ4n) is 2.09. The van der Waals surface area contributed by atoms with E-state index in [9.17, 15) is 13.9 Å². The Bertz CT molecular complexity index is 680. The topological polar surface area (TPSA) is 56.0 Å². The van der Waals surface area contributed by atoms with Gasteiger partial charge in [0.2, 0.25) is 0 Å². The fourth-order valence-corrected chi connectivity index (χ4v) is 2.09. The highest BCUT2D eigenvalue weighted by atomic mass is 19.2. The average molecular weight is 302 g/mol. The van der Waals surface area contributed by atoms with Gasteiger partial charge in [-0.3, -0.25) is 0 Å². The Morgan fingerprint density at radius 2 is 1.73 bits per heavy atom. The van der Waals surface area contributed by atoms with Crippen LogP contribution in [-0.4, -0.2) is 11.7 Å². The molecule has 2 unspecified atom stereocenters. The highest BCUT2D eigenvalue weighted by Gasteiger charge is 2.12. The first kappa shape index (κ1) is 16.1. The maximum atomic E-state index is 13.2. The molecular weight excluding hydrogens is 286 g/mol. The highest BCUT2D eigenvalue weighted by Crippen LogP contribution is 2.18. The Balaban J connectivity index is 1.96. The summed E-state index contributed by atoms with van der Waals surface area (Å²) in [6.45, 7) is 2.06. The molecule has 0 aliphatic carbocycles. The van der Waals surface area contributed by atoms with Gasteiger partial charge >= 0.3 is 0 Å². The molecule has 22 heavy (non-hydrogen) atoms. The van der Waals surface area contributed by atoms with Gasteiger partial charge in [-0.05, 0) is 42.3 Å². The zero-order valence-electron chi connectivity index (χ0n) is 12.1. The molecule has 0 radical (unpaired) electrons. The zero-order valence-corrected chi connectivity index (χ0v) is 12.1. The van der Waals surface area contributed by atoms with Gasteiger partial charge < -0.3 is 10.4 Å². The van der Waals surface area contributed by atoms with E-state index < -0.39 is 17.7 Å². The van der Waals surface area contributed by atoms with Gasteiger partial charge in [-0.1, -0.05) is 18.2 Å². The van der Waals surface area contributed by atoms with Crippen LogP contribution >= 0.6 is 0 Å². The van der Waals surface area contributed by atoms with Crippen LogP contribution in [0.5, 0.6) is 0 Å². The molecule has 0 saturated heterocycles. The van der Waals surface area contributed by atoms with E-state index in [0.29, 0.717) is 16.7 Å². The summed E-state index contributed by atoms with van der Waals surface area (Å²) in [7, 11) is 0. The molecule has 3 nitrogen and oxygen atoms in total. The van der Waals surface area contributed by atoms with Crippen LogP contribution < -0.4 is 5.32 Å². The maximum absolute atomic E-state index is 13.2. The molecule has 0 heterocycles. The maximum Gasteiger partial charge on any atom is 0.159 e. The third kappa shape index (κ3) is 3.88. The van der Waals surface area contributed by atoms with Crippen molar-refractivity contribution in [3.05, 3.63) is 70.8 Å². The number of hydrogen-bond acceptors (Lipinski definition) is 3. The molecule has 0 bridgehead atoms. The summed E-state index contributed by atoms with van der Waals surface area (Å²) in [5, 5.41) is 21.9. The standard InChI is InChI=1S/C17H16F2N2O/c1-11(14-6-7-15(18)16(19)8-14)21-10-17(22)13-4-2-12(9-20)3-5-13/h2-8,11,17,21-22H,10H2,1H3. The fraction of sp³-hybridized carbons (Fsp3) is 0.235. The van der Waals surface area contributed by atoms with Gasteiger partial charge in [0.1, 0.15) is 0 Å². The molecule has 0 aliphatic rings. The van der Waals surface area contributed by atoms with Crippen molar-refractivity contribution in [1.82, 2.24) is 5.32 Å². The summed E-state index contributed by atoms with van der Waals surface area (Å²) in [6.07, 6.45) is -0.750. The lowest BCUT2D eigenvalue weighted by atomic mass is 10.1. The Hall–Kier alpha value is -2.29. The summed E-state index contributed by atoms with van der Waals surface area (Å²) in [5.41, 5.74) is 1.81. The van der Waals surface area contributed by atoms with Gasteiger partial charge in [-0.25, -0.2) is 8.78 Å². The van der Waals surface area contributed by atoms with E-state index in [4.69, 9.17) is 5.26 Å². The minimum absolute atomic E-state index is 0.233. The van der Waals surface area contributed by atoms with E-state index >= 15 is 0 Å². The van der Waals surface area contributed by atoms with Crippen LogP contribution in [-0.2, 0) is 0 Å². The van der Waals surface area contributed by atoms with E-state index in [1.54, 1.807) is 31.2 Å². The molecule has 0 amide bonds. The first-order valence-electron chi connectivity index (χ1n) is 6.87. The van der Waals surface area contributed by atoms with Gasteiger partial charge in [0.05, 0.1) is 17.7 Å².